The molecule has 0 N–H and O–H groups in total. The van der Waals surface area contributed by atoms with Gasteiger partial charge >= 0.3 is 0 Å². The second-order valence-electron chi connectivity index (χ2n) is 9.34. The van der Waals surface area contributed by atoms with Crippen LogP contribution in [-0.2, 0) is 0 Å². The zero-order valence-electron chi connectivity index (χ0n) is 46.5. The molecule has 1 nitrogen and oxygen atoms in total. The summed E-state index contributed by atoms with van der Waals surface area (Å²) in [5.41, 5.74) is -4.58. The molecule has 0 saturated carbocycles. The Morgan fingerprint density at radius 1 is 0.372 bits per heavy atom. The van der Waals surface area contributed by atoms with E-state index in [-0.39, 0.29) is 10.9 Å². The largest absolute Gasteiger partial charge is 0.456 e. The first kappa shape index (κ1) is 9.97. The molecular formula is C42H26O. The Kier molecular flexibility index (Phi) is 2.19. The highest BCUT2D eigenvalue weighted by Gasteiger charge is 2.19. The fraction of sp³-hybridized carbons (Fsp3) is 0. The Morgan fingerprint density at radius 2 is 1.00 bits per heavy atom. The second kappa shape index (κ2) is 9.44. The van der Waals surface area contributed by atoms with Crippen molar-refractivity contribution in [1.82, 2.24) is 0 Å². The predicted octanol–water partition coefficient (Wildman–Crippen LogP) is 12.0. The van der Waals surface area contributed by atoms with Gasteiger partial charge in [0, 0.05) is 10.8 Å². The molecule has 0 fully saturated rings. The van der Waals surface area contributed by atoms with Crippen LogP contribution in [0.4, 0.5) is 0 Å². The monoisotopic (exact) mass is 571 g/mol. The molecule has 0 bridgehead atoms. The van der Waals surface area contributed by atoms with Crippen molar-refractivity contribution in [1.29, 1.82) is 0 Å². The van der Waals surface area contributed by atoms with E-state index in [2.05, 4.69) is 0 Å². The molecular weight excluding hydrogens is 520 g/mol. The molecule has 9 rings (SSSR count). The molecule has 8 aromatic carbocycles. The van der Waals surface area contributed by atoms with Gasteiger partial charge in [0.2, 0.25) is 0 Å². The maximum Gasteiger partial charge on any atom is 0.136 e. The molecule has 0 aliphatic heterocycles. The molecule has 1 heterocycles. The summed E-state index contributed by atoms with van der Waals surface area (Å²) >= 11 is 0. The van der Waals surface area contributed by atoms with Gasteiger partial charge in [0.05, 0.1) is 34.3 Å². The molecule has 0 atom stereocenters. The van der Waals surface area contributed by atoms with E-state index in [1.165, 1.54) is 0 Å². The van der Waals surface area contributed by atoms with Crippen molar-refractivity contribution in [2.45, 2.75) is 0 Å². The smallest absolute Gasteiger partial charge is 0.136 e. The second-order valence-corrected chi connectivity index (χ2v) is 9.34. The van der Waals surface area contributed by atoms with E-state index in [4.69, 9.17) is 27.7 Å². The number of furan rings is 1. The third-order valence-corrected chi connectivity index (χ3v) is 7.03. The van der Waals surface area contributed by atoms with Crippen LogP contribution in [0, 0.1) is 0 Å². The average Bonchev–Trinajstić information content (AvgIpc) is 3.73. The molecule has 0 unspecified atom stereocenters. The highest BCUT2D eigenvalue weighted by Crippen LogP contribution is 2.46. The van der Waals surface area contributed by atoms with E-state index < -0.39 is 228 Å². The molecule has 0 radical (unpaired) electrons. The highest BCUT2D eigenvalue weighted by molar-refractivity contribution is 6.24. The lowest BCUT2D eigenvalue weighted by molar-refractivity contribution is 0.669. The van der Waals surface area contributed by atoms with Crippen LogP contribution in [0.25, 0.3) is 87.6 Å². The summed E-state index contributed by atoms with van der Waals surface area (Å²) in [6, 6.07) is -20.0. The summed E-state index contributed by atoms with van der Waals surface area (Å²) in [6.07, 6.45) is 0. The minimum atomic E-state index is -0.943. The Bertz CT molecular complexity index is 3790. The first-order valence-corrected chi connectivity index (χ1v) is 12.7. The zero-order chi connectivity index (χ0) is 50.1. The van der Waals surface area contributed by atoms with Crippen molar-refractivity contribution in [2.24, 2.45) is 0 Å². The van der Waals surface area contributed by atoms with Crippen LogP contribution in [0.15, 0.2) is 162 Å². The molecule has 1 heteroatoms. The van der Waals surface area contributed by atoms with Crippen LogP contribution in [0.5, 0.6) is 0 Å². The summed E-state index contributed by atoms with van der Waals surface area (Å²) in [5, 5.41) is -4.64. The quantitative estimate of drug-likeness (QED) is 0.192. The topological polar surface area (TPSA) is 13.1 Å². The minimum absolute atomic E-state index is 0.354. The van der Waals surface area contributed by atoms with E-state index in [1.807, 2.05) is 0 Å². The fourth-order valence-corrected chi connectivity index (χ4v) is 5.21. The van der Waals surface area contributed by atoms with Gasteiger partial charge < -0.3 is 4.42 Å². The Morgan fingerprint density at radius 3 is 1.74 bits per heavy atom. The normalized spacial score (nSPS) is 19.9. The Balaban J connectivity index is 1.57. The van der Waals surface area contributed by atoms with E-state index >= 15 is 0 Å². The Labute approximate surface area is 284 Å². The molecule has 0 aliphatic rings. The lowest BCUT2D eigenvalue weighted by Gasteiger charge is -2.18. The Hall–Kier alpha value is -5.66. The van der Waals surface area contributed by atoms with Crippen LogP contribution >= 0.6 is 0 Å². The van der Waals surface area contributed by atoms with E-state index in [1.54, 1.807) is 0 Å². The van der Waals surface area contributed by atoms with Gasteiger partial charge in [0.15, 0.2) is 0 Å². The summed E-state index contributed by atoms with van der Waals surface area (Å²) in [7, 11) is 0. The lowest BCUT2D eigenvalue weighted by atomic mass is 9.84. The molecule has 200 valence electrons. The predicted molar refractivity (Wildman–Crippen MR) is 183 cm³/mol. The van der Waals surface area contributed by atoms with E-state index in [0.29, 0.717) is 0 Å². The molecule has 0 saturated heterocycles. The maximum atomic E-state index is 9.76. The highest BCUT2D eigenvalue weighted by atomic mass is 16.3. The summed E-state index contributed by atoms with van der Waals surface area (Å²) in [6.45, 7) is 0. The van der Waals surface area contributed by atoms with Crippen LogP contribution in [0.1, 0.15) is 34.3 Å². The summed E-state index contributed by atoms with van der Waals surface area (Å²) in [5.74, 6) is 0. The van der Waals surface area contributed by atoms with Crippen molar-refractivity contribution < 1.29 is 38.7 Å². The zero-order valence-corrected chi connectivity index (χ0v) is 21.5. The van der Waals surface area contributed by atoms with Gasteiger partial charge in [-0.1, -0.05) is 133 Å². The van der Waals surface area contributed by atoms with Gasteiger partial charge in [-0.15, -0.1) is 0 Å². The molecule has 0 aliphatic carbocycles. The SMILES string of the molecule is [2H]c1c([2H])c([2H])c(-c2cc([2H])c3c(oc4c([2H])c([2H])c(-c5c6c([2H])c([2H])c([2H])c([2H])c6c(-c6c([2H])c([2H])c([2H])c7c([2H])c([2H])c([2H])c([2H])c67)c6c([2H])c([2H])c([2H])c([2H])c56)c([2H])c43)c2[2H])c([2H])c1[2H]. The molecule has 0 spiro atoms. The number of hydrogen-bond donors (Lipinski definition) is 0. The van der Waals surface area contributed by atoms with Crippen molar-refractivity contribution in [3.05, 3.63) is 157 Å². The fourth-order valence-electron chi connectivity index (χ4n) is 5.21. The van der Waals surface area contributed by atoms with Gasteiger partial charge in [-0.25, -0.2) is 0 Å². The molecule has 9 aromatic rings. The van der Waals surface area contributed by atoms with Crippen molar-refractivity contribution in [3.8, 4) is 33.4 Å². The third-order valence-electron chi connectivity index (χ3n) is 7.03. The van der Waals surface area contributed by atoms with Gasteiger partial charge in [-0.05, 0) is 89.9 Å². The summed E-state index contributed by atoms with van der Waals surface area (Å²) in [4.78, 5) is 0. The van der Waals surface area contributed by atoms with Gasteiger partial charge in [0.1, 0.15) is 11.2 Å². The first-order valence-electron chi connectivity index (χ1n) is 25.2. The van der Waals surface area contributed by atoms with Gasteiger partial charge in [-0.3, -0.25) is 0 Å². The first-order chi connectivity index (χ1) is 31.7. The van der Waals surface area contributed by atoms with Crippen LogP contribution in [0.3, 0.4) is 0 Å². The molecule has 43 heavy (non-hydrogen) atoms. The van der Waals surface area contributed by atoms with Crippen LogP contribution in [0.2, 0.25) is 0 Å². The van der Waals surface area contributed by atoms with E-state index in [0.717, 1.165) is 6.07 Å². The van der Waals surface area contributed by atoms with Gasteiger partial charge in [0.25, 0.3) is 0 Å². The summed E-state index contributed by atoms with van der Waals surface area (Å²) < 4.78 is 228. The number of hydrogen-bond acceptors (Lipinski definition) is 1. The van der Waals surface area contributed by atoms with Crippen LogP contribution in [-0.4, -0.2) is 0 Å². The number of rotatable bonds is 3. The number of fused-ring (bicyclic) bond motifs is 6. The van der Waals surface area contributed by atoms with Gasteiger partial charge in [-0.2, -0.15) is 0 Å². The van der Waals surface area contributed by atoms with Crippen molar-refractivity contribution in [3.63, 3.8) is 0 Å². The van der Waals surface area contributed by atoms with E-state index in [9.17, 15) is 11.0 Å². The molecule has 0 amide bonds. The lowest BCUT2D eigenvalue weighted by Crippen LogP contribution is -1.91. The number of benzene rings is 8. The maximum absolute atomic E-state index is 9.76. The average molecular weight is 572 g/mol. The standard InChI is InChI=1S/C42H26O/c1-2-11-27(12-3-1)29-21-23-32-38-25-30(22-24-39(38)43-40(32)26-29)41-34-16-6-8-18-36(34)42(37-19-9-7-17-35(37)41)33-20-10-14-28-13-4-5-15-31(28)33/h1-26H/i1D,2D,3D,4D,5D,6D,7D,8D,9D,10D,11D,12D,13D,14D,15D,16D,17D,18D,19D,20D,22D,23D,24D,25D,26D. The van der Waals surface area contributed by atoms with Crippen LogP contribution < -0.4 is 0 Å². The van der Waals surface area contributed by atoms with Crippen molar-refractivity contribution >= 4 is 54.3 Å². The molecule has 1 aromatic heterocycles. The minimum Gasteiger partial charge on any atom is -0.456 e. The third kappa shape index (κ3) is 3.72. The van der Waals surface area contributed by atoms with Crippen molar-refractivity contribution in [2.75, 3.05) is 0 Å².